The number of hydrogen-bond donors (Lipinski definition) is 2. The third-order valence-corrected chi connectivity index (χ3v) is 5.09. The van der Waals surface area contributed by atoms with Crippen LogP contribution in [0.2, 0.25) is 0 Å². The van der Waals surface area contributed by atoms with Gasteiger partial charge in [0, 0.05) is 7.14 Å². The SMILES string of the molecule is O=C(COc1ccc(I)cc1)Nc1cccc(NC(=O)COc2ccc(I)cc2)n1. The van der Waals surface area contributed by atoms with Gasteiger partial charge in [-0.15, -0.1) is 0 Å². The van der Waals surface area contributed by atoms with E-state index in [9.17, 15) is 9.59 Å². The van der Waals surface area contributed by atoms with Crippen LogP contribution in [0.5, 0.6) is 11.5 Å². The van der Waals surface area contributed by atoms with E-state index in [-0.39, 0.29) is 25.0 Å². The van der Waals surface area contributed by atoms with Crippen molar-refractivity contribution in [3.63, 3.8) is 0 Å². The topological polar surface area (TPSA) is 89.6 Å². The summed E-state index contributed by atoms with van der Waals surface area (Å²) < 4.78 is 13.0. The van der Waals surface area contributed by atoms with Crippen LogP contribution in [0.3, 0.4) is 0 Å². The van der Waals surface area contributed by atoms with Crippen molar-refractivity contribution >= 4 is 68.6 Å². The number of amides is 2. The van der Waals surface area contributed by atoms with Gasteiger partial charge in [-0.2, -0.15) is 0 Å². The molecule has 1 heterocycles. The van der Waals surface area contributed by atoms with Crippen LogP contribution >= 0.6 is 45.2 Å². The molecule has 0 spiro atoms. The van der Waals surface area contributed by atoms with Gasteiger partial charge in [-0.05, 0) is 106 Å². The maximum absolute atomic E-state index is 12.1. The first-order chi connectivity index (χ1) is 14.5. The molecular formula is C21H17I2N3O4. The fourth-order valence-electron chi connectivity index (χ4n) is 2.29. The van der Waals surface area contributed by atoms with Gasteiger partial charge in [0.15, 0.2) is 13.2 Å². The molecule has 3 rings (SSSR count). The fraction of sp³-hybridized carbons (Fsp3) is 0.0952. The molecule has 0 saturated carbocycles. The van der Waals surface area contributed by atoms with Gasteiger partial charge in [-0.3, -0.25) is 9.59 Å². The Kier molecular flexibility index (Phi) is 8.25. The number of carbonyl (C=O) groups excluding carboxylic acids is 2. The molecule has 0 unspecified atom stereocenters. The van der Waals surface area contributed by atoms with Crippen molar-refractivity contribution in [1.82, 2.24) is 4.98 Å². The Hall–Kier alpha value is -2.41. The van der Waals surface area contributed by atoms with E-state index in [1.165, 1.54) is 0 Å². The number of pyridine rings is 1. The number of ether oxygens (including phenoxy) is 2. The maximum Gasteiger partial charge on any atom is 0.263 e. The minimum atomic E-state index is -0.355. The Morgan fingerprint density at radius 2 is 1.10 bits per heavy atom. The van der Waals surface area contributed by atoms with Crippen LogP contribution in [0.25, 0.3) is 0 Å². The third kappa shape index (κ3) is 7.44. The molecule has 154 valence electrons. The summed E-state index contributed by atoms with van der Waals surface area (Å²) in [6.07, 6.45) is 0. The molecule has 0 fully saturated rings. The maximum atomic E-state index is 12.1. The lowest BCUT2D eigenvalue weighted by Gasteiger charge is -2.10. The molecule has 0 aliphatic heterocycles. The van der Waals surface area contributed by atoms with Crippen LogP contribution in [0.15, 0.2) is 66.7 Å². The summed E-state index contributed by atoms with van der Waals surface area (Å²) in [7, 11) is 0. The highest BCUT2D eigenvalue weighted by Gasteiger charge is 2.08. The van der Waals surface area contributed by atoms with Crippen LogP contribution < -0.4 is 20.1 Å². The van der Waals surface area contributed by atoms with Crippen LogP contribution in [0, 0.1) is 7.14 Å². The van der Waals surface area contributed by atoms with Gasteiger partial charge in [-0.1, -0.05) is 6.07 Å². The number of nitrogens with zero attached hydrogens (tertiary/aromatic N) is 1. The third-order valence-electron chi connectivity index (χ3n) is 3.65. The summed E-state index contributed by atoms with van der Waals surface area (Å²) in [6.45, 7) is -0.300. The minimum Gasteiger partial charge on any atom is -0.484 e. The van der Waals surface area contributed by atoms with Gasteiger partial charge in [0.1, 0.15) is 23.1 Å². The predicted molar refractivity (Wildman–Crippen MR) is 131 cm³/mol. The molecule has 0 aliphatic rings. The first-order valence-electron chi connectivity index (χ1n) is 8.81. The Morgan fingerprint density at radius 3 is 1.50 bits per heavy atom. The summed E-state index contributed by atoms with van der Waals surface area (Å²) in [5.41, 5.74) is 0. The van der Waals surface area contributed by atoms with E-state index in [0.717, 1.165) is 7.14 Å². The number of benzene rings is 2. The number of rotatable bonds is 8. The van der Waals surface area contributed by atoms with E-state index >= 15 is 0 Å². The van der Waals surface area contributed by atoms with E-state index in [1.807, 2.05) is 24.3 Å². The molecule has 0 saturated heterocycles. The van der Waals surface area contributed by atoms with Crippen molar-refractivity contribution in [3.05, 3.63) is 73.9 Å². The number of nitrogens with one attached hydrogen (secondary N) is 2. The molecule has 0 atom stereocenters. The zero-order valence-corrected chi connectivity index (χ0v) is 19.9. The summed E-state index contributed by atoms with van der Waals surface area (Å²) in [6, 6.07) is 19.7. The zero-order valence-electron chi connectivity index (χ0n) is 15.6. The molecule has 3 aromatic rings. The second-order valence-electron chi connectivity index (χ2n) is 5.99. The normalized spacial score (nSPS) is 10.2. The Labute approximate surface area is 200 Å². The highest BCUT2D eigenvalue weighted by atomic mass is 127. The standard InChI is InChI=1S/C21H17I2N3O4/c22-14-4-8-16(9-5-14)29-12-20(27)25-18-2-1-3-19(24-18)26-21(28)13-30-17-10-6-15(23)7-11-17/h1-11H,12-13H2,(H2,24,25,26,27,28). The Morgan fingerprint density at radius 1 is 0.700 bits per heavy atom. The van der Waals surface area contributed by atoms with Crippen molar-refractivity contribution in [2.45, 2.75) is 0 Å². The molecular weight excluding hydrogens is 612 g/mol. The van der Waals surface area contributed by atoms with E-state index in [4.69, 9.17) is 9.47 Å². The Bertz CT molecular complexity index is 933. The first-order valence-corrected chi connectivity index (χ1v) is 11.0. The van der Waals surface area contributed by atoms with Crippen LogP contribution in [0.1, 0.15) is 0 Å². The molecule has 0 radical (unpaired) electrons. The largest absolute Gasteiger partial charge is 0.484 e. The molecule has 2 aromatic carbocycles. The van der Waals surface area contributed by atoms with Crippen molar-refractivity contribution in [2.75, 3.05) is 23.8 Å². The monoisotopic (exact) mass is 629 g/mol. The smallest absolute Gasteiger partial charge is 0.263 e. The number of anilines is 2. The second kappa shape index (κ2) is 11.1. The molecule has 0 aliphatic carbocycles. The van der Waals surface area contributed by atoms with Crippen LogP contribution in [-0.4, -0.2) is 30.0 Å². The lowest BCUT2D eigenvalue weighted by molar-refractivity contribution is -0.118. The van der Waals surface area contributed by atoms with E-state index < -0.39 is 0 Å². The van der Waals surface area contributed by atoms with Crippen LogP contribution in [-0.2, 0) is 9.59 Å². The molecule has 2 N–H and O–H groups in total. The minimum absolute atomic E-state index is 0.150. The number of aromatic nitrogens is 1. The van der Waals surface area contributed by atoms with Gasteiger partial charge in [0.25, 0.3) is 11.8 Å². The zero-order chi connectivity index (χ0) is 21.3. The van der Waals surface area contributed by atoms with Crippen LogP contribution in [0.4, 0.5) is 11.6 Å². The molecule has 7 nitrogen and oxygen atoms in total. The van der Waals surface area contributed by atoms with Gasteiger partial charge < -0.3 is 20.1 Å². The summed E-state index contributed by atoms with van der Waals surface area (Å²) in [5.74, 6) is 1.11. The van der Waals surface area contributed by atoms with Crippen molar-refractivity contribution in [1.29, 1.82) is 0 Å². The second-order valence-corrected chi connectivity index (χ2v) is 8.48. The van der Waals surface area contributed by atoms with Gasteiger partial charge >= 0.3 is 0 Å². The number of halogens is 2. The summed E-state index contributed by atoms with van der Waals surface area (Å²) in [5, 5.41) is 5.28. The molecule has 0 bridgehead atoms. The lowest BCUT2D eigenvalue weighted by Crippen LogP contribution is -2.22. The quantitative estimate of drug-likeness (QED) is 0.363. The number of carbonyl (C=O) groups is 2. The highest BCUT2D eigenvalue weighted by molar-refractivity contribution is 14.1. The fourth-order valence-corrected chi connectivity index (χ4v) is 3.01. The van der Waals surface area contributed by atoms with Gasteiger partial charge in [0.05, 0.1) is 0 Å². The average Bonchev–Trinajstić information content (AvgIpc) is 2.73. The lowest BCUT2D eigenvalue weighted by atomic mass is 10.3. The molecule has 30 heavy (non-hydrogen) atoms. The van der Waals surface area contributed by atoms with Crippen molar-refractivity contribution in [3.8, 4) is 11.5 Å². The van der Waals surface area contributed by atoms with Gasteiger partial charge in [-0.25, -0.2) is 4.98 Å². The summed E-state index contributed by atoms with van der Waals surface area (Å²) >= 11 is 4.38. The van der Waals surface area contributed by atoms with E-state index in [0.29, 0.717) is 23.1 Å². The first kappa shape index (κ1) is 22.3. The average molecular weight is 629 g/mol. The Balaban J connectivity index is 1.47. The van der Waals surface area contributed by atoms with E-state index in [2.05, 4.69) is 60.8 Å². The predicted octanol–water partition coefficient (Wildman–Crippen LogP) is 4.33. The molecule has 9 heteroatoms. The van der Waals surface area contributed by atoms with Crippen molar-refractivity contribution in [2.24, 2.45) is 0 Å². The molecule has 2 amide bonds. The van der Waals surface area contributed by atoms with Crippen molar-refractivity contribution < 1.29 is 19.1 Å². The molecule has 1 aromatic heterocycles. The van der Waals surface area contributed by atoms with E-state index in [1.54, 1.807) is 42.5 Å². The summed E-state index contributed by atoms with van der Waals surface area (Å²) in [4.78, 5) is 28.4. The van der Waals surface area contributed by atoms with Gasteiger partial charge in [0.2, 0.25) is 0 Å². The number of hydrogen-bond acceptors (Lipinski definition) is 5. The highest BCUT2D eigenvalue weighted by Crippen LogP contribution is 2.15.